The topological polar surface area (TPSA) is 68.7 Å². The van der Waals surface area contributed by atoms with E-state index in [2.05, 4.69) is 34.2 Å². The number of likely N-dealkylation sites (N-methyl/N-ethyl adjacent to an activating group) is 1. The molecule has 2 N–H and O–H groups in total. The third-order valence-corrected chi connectivity index (χ3v) is 3.94. The SMILES string of the molecule is CN(C)[C@@H]1CCN(Cc2csc(NC(=O)O)n2)C1. The summed E-state index contributed by atoms with van der Waals surface area (Å²) < 4.78 is 0. The van der Waals surface area contributed by atoms with E-state index in [1.807, 2.05) is 5.38 Å². The summed E-state index contributed by atoms with van der Waals surface area (Å²) in [5.41, 5.74) is 0.933. The first-order valence-electron chi connectivity index (χ1n) is 5.87. The molecule has 1 aliphatic rings. The van der Waals surface area contributed by atoms with Gasteiger partial charge in [-0.2, -0.15) is 0 Å². The molecule has 0 radical (unpaired) electrons. The minimum absolute atomic E-state index is 0.445. The Bertz CT molecular complexity index is 421. The van der Waals surface area contributed by atoms with E-state index in [0.29, 0.717) is 11.2 Å². The Hall–Kier alpha value is -1.18. The molecule has 18 heavy (non-hydrogen) atoms. The van der Waals surface area contributed by atoms with Gasteiger partial charge in [0.05, 0.1) is 5.69 Å². The van der Waals surface area contributed by atoms with Gasteiger partial charge in [-0.25, -0.2) is 9.78 Å². The Balaban J connectivity index is 1.87. The largest absolute Gasteiger partial charge is 0.465 e. The van der Waals surface area contributed by atoms with Crippen molar-refractivity contribution in [2.45, 2.75) is 19.0 Å². The van der Waals surface area contributed by atoms with E-state index < -0.39 is 6.09 Å². The van der Waals surface area contributed by atoms with E-state index in [0.717, 1.165) is 25.3 Å². The predicted octanol–water partition coefficient (Wildman–Crippen LogP) is 1.37. The highest BCUT2D eigenvalue weighted by Crippen LogP contribution is 2.20. The molecule has 0 spiro atoms. The Morgan fingerprint density at radius 1 is 1.72 bits per heavy atom. The van der Waals surface area contributed by atoms with Gasteiger partial charge in [0.25, 0.3) is 0 Å². The minimum atomic E-state index is -1.07. The smallest absolute Gasteiger partial charge is 0.410 e. The van der Waals surface area contributed by atoms with Crippen molar-refractivity contribution in [2.75, 3.05) is 32.5 Å². The molecule has 100 valence electrons. The minimum Gasteiger partial charge on any atom is -0.465 e. The van der Waals surface area contributed by atoms with E-state index in [1.165, 1.54) is 17.8 Å². The second-order valence-electron chi connectivity index (χ2n) is 4.72. The number of amides is 1. The first-order chi connectivity index (χ1) is 8.54. The number of hydrogen-bond donors (Lipinski definition) is 2. The normalized spacial score (nSPS) is 20.5. The Morgan fingerprint density at radius 3 is 3.11 bits per heavy atom. The van der Waals surface area contributed by atoms with Gasteiger partial charge < -0.3 is 10.0 Å². The van der Waals surface area contributed by atoms with Crippen molar-refractivity contribution >= 4 is 22.6 Å². The summed E-state index contributed by atoms with van der Waals surface area (Å²) in [7, 11) is 4.21. The molecule has 1 saturated heterocycles. The van der Waals surface area contributed by atoms with Crippen LogP contribution in [0.25, 0.3) is 0 Å². The van der Waals surface area contributed by atoms with Crippen LogP contribution >= 0.6 is 11.3 Å². The number of anilines is 1. The van der Waals surface area contributed by atoms with Gasteiger partial charge in [-0.05, 0) is 20.5 Å². The van der Waals surface area contributed by atoms with Gasteiger partial charge in [-0.3, -0.25) is 10.2 Å². The quantitative estimate of drug-likeness (QED) is 0.865. The molecule has 1 atom stereocenters. The van der Waals surface area contributed by atoms with Crippen molar-refractivity contribution in [3.8, 4) is 0 Å². The first kappa shape index (κ1) is 13.3. The van der Waals surface area contributed by atoms with Gasteiger partial charge in [0.1, 0.15) is 0 Å². The Labute approximate surface area is 110 Å². The molecule has 0 saturated carbocycles. The maximum Gasteiger partial charge on any atom is 0.410 e. The fourth-order valence-electron chi connectivity index (χ4n) is 2.13. The maximum absolute atomic E-state index is 10.5. The molecule has 7 heteroatoms. The molecule has 6 nitrogen and oxygen atoms in total. The van der Waals surface area contributed by atoms with Gasteiger partial charge in [-0.15, -0.1) is 11.3 Å². The number of carboxylic acid groups (broad SMARTS) is 1. The number of nitrogens with one attached hydrogen (secondary N) is 1. The second-order valence-corrected chi connectivity index (χ2v) is 5.57. The van der Waals surface area contributed by atoms with E-state index >= 15 is 0 Å². The third kappa shape index (κ3) is 3.41. The molecular formula is C11H18N4O2S. The van der Waals surface area contributed by atoms with E-state index in [-0.39, 0.29) is 0 Å². The average Bonchev–Trinajstić information content (AvgIpc) is 2.88. The van der Waals surface area contributed by atoms with Crippen LogP contribution in [0.5, 0.6) is 0 Å². The zero-order valence-electron chi connectivity index (χ0n) is 10.6. The summed E-state index contributed by atoms with van der Waals surface area (Å²) in [6.45, 7) is 2.91. The lowest BCUT2D eigenvalue weighted by Gasteiger charge is -2.19. The summed E-state index contributed by atoms with van der Waals surface area (Å²) >= 11 is 1.33. The van der Waals surface area contributed by atoms with Crippen LogP contribution in [0, 0.1) is 0 Å². The highest BCUT2D eigenvalue weighted by molar-refractivity contribution is 7.13. The Morgan fingerprint density at radius 2 is 2.50 bits per heavy atom. The molecule has 1 aromatic rings. The van der Waals surface area contributed by atoms with Crippen LogP contribution in [0.4, 0.5) is 9.93 Å². The van der Waals surface area contributed by atoms with Crippen LogP contribution in [0.15, 0.2) is 5.38 Å². The van der Waals surface area contributed by atoms with Crippen molar-refractivity contribution < 1.29 is 9.90 Å². The van der Waals surface area contributed by atoms with E-state index in [1.54, 1.807) is 0 Å². The van der Waals surface area contributed by atoms with E-state index in [4.69, 9.17) is 5.11 Å². The second kappa shape index (κ2) is 5.64. The van der Waals surface area contributed by atoms with Crippen molar-refractivity contribution in [2.24, 2.45) is 0 Å². The molecule has 1 fully saturated rings. The fraction of sp³-hybridized carbons (Fsp3) is 0.636. The van der Waals surface area contributed by atoms with Crippen LogP contribution < -0.4 is 5.32 Å². The van der Waals surface area contributed by atoms with Crippen LogP contribution in [-0.4, -0.2) is 59.2 Å². The highest BCUT2D eigenvalue weighted by atomic mass is 32.1. The van der Waals surface area contributed by atoms with Crippen molar-refractivity contribution in [1.82, 2.24) is 14.8 Å². The third-order valence-electron chi connectivity index (χ3n) is 3.13. The van der Waals surface area contributed by atoms with Crippen LogP contribution in [-0.2, 0) is 6.54 Å². The van der Waals surface area contributed by atoms with Gasteiger partial charge >= 0.3 is 6.09 Å². The zero-order chi connectivity index (χ0) is 13.1. The first-order valence-corrected chi connectivity index (χ1v) is 6.75. The number of aromatic nitrogens is 1. The summed E-state index contributed by atoms with van der Waals surface area (Å²) in [5, 5.41) is 13.2. The number of thiazole rings is 1. The molecule has 0 unspecified atom stereocenters. The fourth-order valence-corrected chi connectivity index (χ4v) is 2.83. The molecule has 2 heterocycles. The molecule has 1 aliphatic heterocycles. The highest BCUT2D eigenvalue weighted by Gasteiger charge is 2.24. The predicted molar refractivity (Wildman–Crippen MR) is 71.1 cm³/mol. The monoisotopic (exact) mass is 270 g/mol. The number of carbonyl (C=O) groups is 1. The van der Waals surface area contributed by atoms with Gasteiger partial charge in [0.2, 0.25) is 0 Å². The van der Waals surface area contributed by atoms with Crippen molar-refractivity contribution in [3.63, 3.8) is 0 Å². The van der Waals surface area contributed by atoms with Crippen LogP contribution in [0.1, 0.15) is 12.1 Å². The molecule has 0 aromatic carbocycles. The average molecular weight is 270 g/mol. The number of nitrogens with zero attached hydrogens (tertiary/aromatic N) is 3. The summed E-state index contributed by atoms with van der Waals surface area (Å²) in [6, 6.07) is 0.611. The summed E-state index contributed by atoms with van der Waals surface area (Å²) in [6.07, 6.45) is 0.113. The maximum atomic E-state index is 10.5. The number of rotatable bonds is 4. The molecule has 2 rings (SSSR count). The van der Waals surface area contributed by atoms with Gasteiger partial charge in [0, 0.05) is 31.1 Å². The molecule has 0 aliphatic carbocycles. The summed E-state index contributed by atoms with van der Waals surface area (Å²) in [4.78, 5) is 19.3. The number of likely N-dealkylation sites (tertiary alicyclic amines) is 1. The van der Waals surface area contributed by atoms with Crippen molar-refractivity contribution in [3.05, 3.63) is 11.1 Å². The lowest BCUT2D eigenvalue weighted by molar-refractivity contribution is 0.209. The van der Waals surface area contributed by atoms with Crippen LogP contribution in [0.3, 0.4) is 0 Å². The molecular weight excluding hydrogens is 252 g/mol. The van der Waals surface area contributed by atoms with Gasteiger partial charge in [-0.1, -0.05) is 0 Å². The van der Waals surface area contributed by atoms with Gasteiger partial charge in [0.15, 0.2) is 5.13 Å². The summed E-state index contributed by atoms with van der Waals surface area (Å²) in [5.74, 6) is 0. The molecule has 1 aromatic heterocycles. The lowest BCUT2D eigenvalue weighted by atomic mass is 10.2. The zero-order valence-corrected chi connectivity index (χ0v) is 11.4. The van der Waals surface area contributed by atoms with Crippen LogP contribution in [0.2, 0.25) is 0 Å². The van der Waals surface area contributed by atoms with E-state index in [9.17, 15) is 4.79 Å². The molecule has 0 bridgehead atoms. The Kier molecular flexibility index (Phi) is 4.15. The van der Waals surface area contributed by atoms with Crippen molar-refractivity contribution in [1.29, 1.82) is 0 Å². The number of hydrogen-bond acceptors (Lipinski definition) is 5. The molecule has 1 amide bonds. The standard InChI is InChI=1S/C11H18N4O2S/c1-14(2)9-3-4-15(6-9)5-8-7-18-10(12-8)13-11(16)17/h7,9H,3-6H2,1-2H3,(H,12,13)(H,16,17)/t9-/m1/s1. The lowest BCUT2D eigenvalue weighted by Crippen LogP contribution is -2.31.